The van der Waals surface area contributed by atoms with Gasteiger partial charge in [-0.15, -0.1) is 0 Å². The molecule has 0 bridgehead atoms. The Hall–Kier alpha value is -1.74. The van der Waals surface area contributed by atoms with Gasteiger partial charge in [-0.2, -0.15) is 0 Å². The summed E-state index contributed by atoms with van der Waals surface area (Å²) in [5.74, 6) is -0.276. The Balaban J connectivity index is 2.41. The van der Waals surface area contributed by atoms with Crippen LogP contribution in [0.4, 0.5) is 4.39 Å². The van der Waals surface area contributed by atoms with Gasteiger partial charge in [-0.3, -0.25) is 4.98 Å². The highest BCUT2D eigenvalue weighted by Crippen LogP contribution is 2.22. The summed E-state index contributed by atoms with van der Waals surface area (Å²) < 4.78 is 13.6. The topological polar surface area (TPSA) is 38.9 Å². The van der Waals surface area contributed by atoms with Crippen LogP contribution >= 0.6 is 0 Å². The lowest BCUT2D eigenvalue weighted by molar-refractivity contribution is 0.599. The van der Waals surface area contributed by atoms with Crippen LogP contribution in [-0.2, 0) is 0 Å². The smallest absolute Gasteiger partial charge is 0.128 e. The molecule has 0 amide bonds. The number of pyridine rings is 1. The van der Waals surface area contributed by atoms with E-state index in [1.54, 1.807) is 30.6 Å². The van der Waals surface area contributed by atoms with Crippen molar-refractivity contribution in [3.05, 3.63) is 65.2 Å². The van der Waals surface area contributed by atoms with Crippen LogP contribution < -0.4 is 5.73 Å². The molecular weight excluding hydrogens is 203 g/mol. The fourth-order valence-corrected chi connectivity index (χ4v) is 1.64. The maximum atomic E-state index is 13.6. The highest BCUT2D eigenvalue weighted by Gasteiger charge is 2.13. The van der Waals surface area contributed by atoms with Gasteiger partial charge in [0, 0.05) is 18.0 Å². The van der Waals surface area contributed by atoms with Crippen LogP contribution in [0, 0.1) is 12.7 Å². The highest BCUT2D eigenvalue weighted by atomic mass is 19.1. The average molecular weight is 216 g/mol. The van der Waals surface area contributed by atoms with Gasteiger partial charge in [0.05, 0.1) is 6.04 Å². The van der Waals surface area contributed by atoms with Crippen LogP contribution in [0.2, 0.25) is 0 Å². The van der Waals surface area contributed by atoms with Crippen molar-refractivity contribution in [3.8, 4) is 0 Å². The van der Waals surface area contributed by atoms with Gasteiger partial charge in [-0.1, -0.05) is 23.8 Å². The molecule has 1 atom stereocenters. The minimum Gasteiger partial charge on any atom is -0.320 e. The molecule has 1 unspecified atom stereocenters. The maximum Gasteiger partial charge on any atom is 0.128 e. The molecule has 0 saturated heterocycles. The molecule has 1 heterocycles. The van der Waals surface area contributed by atoms with Gasteiger partial charge in [0.15, 0.2) is 0 Å². The zero-order valence-electron chi connectivity index (χ0n) is 9.02. The van der Waals surface area contributed by atoms with Gasteiger partial charge in [0.2, 0.25) is 0 Å². The first-order valence-corrected chi connectivity index (χ1v) is 5.10. The molecule has 2 N–H and O–H groups in total. The predicted molar refractivity (Wildman–Crippen MR) is 61.4 cm³/mol. The summed E-state index contributed by atoms with van der Waals surface area (Å²) >= 11 is 0. The van der Waals surface area contributed by atoms with Gasteiger partial charge >= 0.3 is 0 Å². The Bertz CT molecular complexity index is 483. The lowest BCUT2D eigenvalue weighted by atomic mass is 9.99. The Labute approximate surface area is 93.9 Å². The minimum absolute atomic E-state index is 0.276. The quantitative estimate of drug-likeness (QED) is 0.838. The van der Waals surface area contributed by atoms with Crippen molar-refractivity contribution in [2.24, 2.45) is 5.73 Å². The van der Waals surface area contributed by atoms with E-state index < -0.39 is 6.04 Å². The maximum absolute atomic E-state index is 13.6. The fourth-order valence-electron chi connectivity index (χ4n) is 1.64. The van der Waals surface area contributed by atoms with Crippen LogP contribution in [0.3, 0.4) is 0 Å². The van der Waals surface area contributed by atoms with Crippen molar-refractivity contribution in [1.82, 2.24) is 4.98 Å². The van der Waals surface area contributed by atoms with E-state index >= 15 is 0 Å². The molecule has 0 fully saturated rings. The Morgan fingerprint density at radius 2 is 2.12 bits per heavy atom. The fraction of sp³-hybridized carbons (Fsp3) is 0.154. The molecule has 0 aliphatic rings. The molecule has 0 radical (unpaired) electrons. The van der Waals surface area contributed by atoms with Crippen molar-refractivity contribution >= 4 is 0 Å². The van der Waals surface area contributed by atoms with E-state index in [1.165, 1.54) is 6.07 Å². The second-order valence-corrected chi connectivity index (χ2v) is 3.79. The van der Waals surface area contributed by atoms with Gasteiger partial charge < -0.3 is 5.73 Å². The molecule has 1 aromatic heterocycles. The van der Waals surface area contributed by atoms with E-state index in [1.807, 2.05) is 13.0 Å². The summed E-state index contributed by atoms with van der Waals surface area (Å²) in [5.41, 5.74) is 8.32. The average Bonchev–Trinajstić information content (AvgIpc) is 2.32. The molecule has 82 valence electrons. The summed E-state index contributed by atoms with van der Waals surface area (Å²) in [7, 11) is 0. The number of hydrogen-bond donors (Lipinski definition) is 1. The van der Waals surface area contributed by atoms with Crippen molar-refractivity contribution in [2.45, 2.75) is 13.0 Å². The number of nitrogens with zero attached hydrogens (tertiary/aromatic N) is 1. The van der Waals surface area contributed by atoms with E-state index in [4.69, 9.17) is 5.73 Å². The van der Waals surface area contributed by atoms with Gasteiger partial charge in [-0.05, 0) is 24.6 Å². The lowest BCUT2D eigenvalue weighted by Gasteiger charge is -2.13. The second-order valence-electron chi connectivity index (χ2n) is 3.79. The Morgan fingerprint density at radius 3 is 2.81 bits per heavy atom. The largest absolute Gasteiger partial charge is 0.320 e. The standard InChI is InChI=1S/C13H13FN2/c1-9-4-5-12(14)11(7-9)13(15)10-3-2-6-16-8-10/h2-8,13H,15H2,1H3. The SMILES string of the molecule is Cc1ccc(F)c(C(N)c2cccnc2)c1. The molecule has 2 nitrogen and oxygen atoms in total. The van der Waals surface area contributed by atoms with E-state index in [2.05, 4.69) is 4.98 Å². The third kappa shape index (κ3) is 2.09. The third-order valence-corrected chi connectivity index (χ3v) is 2.53. The molecule has 0 spiro atoms. The van der Waals surface area contributed by atoms with Crippen molar-refractivity contribution < 1.29 is 4.39 Å². The number of aryl methyl sites for hydroxylation is 1. The molecule has 0 aliphatic carbocycles. The minimum atomic E-state index is -0.464. The second kappa shape index (κ2) is 4.41. The number of hydrogen-bond acceptors (Lipinski definition) is 2. The number of rotatable bonds is 2. The summed E-state index contributed by atoms with van der Waals surface area (Å²) in [6.07, 6.45) is 3.33. The molecule has 16 heavy (non-hydrogen) atoms. The van der Waals surface area contributed by atoms with E-state index in [-0.39, 0.29) is 5.82 Å². The van der Waals surface area contributed by atoms with Crippen molar-refractivity contribution in [3.63, 3.8) is 0 Å². The monoisotopic (exact) mass is 216 g/mol. The zero-order valence-corrected chi connectivity index (χ0v) is 9.02. The van der Waals surface area contributed by atoms with Gasteiger partial charge in [-0.25, -0.2) is 4.39 Å². The summed E-state index contributed by atoms with van der Waals surface area (Å²) in [5, 5.41) is 0. The zero-order chi connectivity index (χ0) is 11.5. The van der Waals surface area contributed by atoms with Gasteiger partial charge in [0.1, 0.15) is 5.82 Å². The van der Waals surface area contributed by atoms with Crippen molar-refractivity contribution in [1.29, 1.82) is 0 Å². The molecule has 0 aliphatic heterocycles. The molecule has 3 heteroatoms. The van der Waals surface area contributed by atoms with E-state index in [9.17, 15) is 4.39 Å². The molecule has 0 saturated carbocycles. The Kier molecular flexibility index (Phi) is 2.97. The van der Waals surface area contributed by atoms with Crippen LogP contribution in [0.5, 0.6) is 0 Å². The van der Waals surface area contributed by atoms with Crippen LogP contribution in [0.15, 0.2) is 42.7 Å². The predicted octanol–water partition coefficient (Wildman–Crippen LogP) is 2.58. The van der Waals surface area contributed by atoms with Crippen LogP contribution in [-0.4, -0.2) is 4.98 Å². The normalized spacial score (nSPS) is 12.4. The first kappa shape index (κ1) is 10.8. The molecule has 1 aromatic carbocycles. The van der Waals surface area contributed by atoms with Gasteiger partial charge in [0.25, 0.3) is 0 Å². The summed E-state index contributed by atoms with van der Waals surface area (Å²) in [6, 6.07) is 8.12. The molecular formula is C13H13FN2. The lowest BCUT2D eigenvalue weighted by Crippen LogP contribution is -2.14. The highest BCUT2D eigenvalue weighted by molar-refractivity contribution is 5.33. The summed E-state index contributed by atoms with van der Waals surface area (Å²) in [6.45, 7) is 1.92. The molecule has 2 aromatic rings. The van der Waals surface area contributed by atoms with Crippen molar-refractivity contribution in [2.75, 3.05) is 0 Å². The van der Waals surface area contributed by atoms with E-state index in [0.29, 0.717) is 5.56 Å². The summed E-state index contributed by atoms with van der Waals surface area (Å²) in [4.78, 5) is 3.98. The Morgan fingerprint density at radius 1 is 1.31 bits per heavy atom. The number of nitrogens with two attached hydrogens (primary N) is 1. The first-order chi connectivity index (χ1) is 7.68. The molecule has 2 rings (SSSR count). The number of aromatic nitrogens is 1. The van der Waals surface area contributed by atoms with Crippen LogP contribution in [0.1, 0.15) is 22.7 Å². The first-order valence-electron chi connectivity index (χ1n) is 5.10. The third-order valence-electron chi connectivity index (χ3n) is 2.53. The number of halogens is 1. The van der Waals surface area contributed by atoms with Crippen LogP contribution in [0.25, 0.3) is 0 Å². The van der Waals surface area contributed by atoms with E-state index in [0.717, 1.165) is 11.1 Å². The number of benzene rings is 1.